The molecular formula is C11H18N4O2. The van der Waals surface area contributed by atoms with Gasteiger partial charge in [-0.15, -0.1) is 0 Å². The first-order chi connectivity index (χ1) is 8.02. The summed E-state index contributed by atoms with van der Waals surface area (Å²) >= 11 is 0. The zero-order valence-corrected chi connectivity index (χ0v) is 10.1. The molecular weight excluding hydrogens is 220 g/mol. The lowest BCUT2D eigenvalue weighted by atomic mass is 10.1. The Morgan fingerprint density at radius 2 is 2.24 bits per heavy atom. The molecule has 0 aliphatic carbocycles. The second-order valence-electron chi connectivity index (χ2n) is 4.83. The van der Waals surface area contributed by atoms with Crippen LogP contribution < -0.4 is 10.6 Å². The van der Waals surface area contributed by atoms with Gasteiger partial charge in [0.15, 0.2) is 11.6 Å². The van der Waals surface area contributed by atoms with E-state index in [9.17, 15) is 5.11 Å². The van der Waals surface area contributed by atoms with E-state index in [0.29, 0.717) is 24.7 Å². The van der Waals surface area contributed by atoms with Crippen LogP contribution in [0.4, 0.5) is 11.6 Å². The number of rotatable bonds is 2. The van der Waals surface area contributed by atoms with Gasteiger partial charge in [-0.1, -0.05) is 0 Å². The SMILES string of the molecule is CC1(C)CN(c2nccnc2N)CC(CO)O1. The van der Waals surface area contributed by atoms with E-state index in [1.807, 2.05) is 18.7 Å². The summed E-state index contributed by atoms with van der Waals surface area (Å²) in [6.07, 6.45) is 2.95. The highest BCUT2D eigenvalue weighted by molar-refractivity contribution is 5.57. The van der Waals surface area contributed by atoms with Crippen LogP contribution in [0, 0.1) is 0 Å². The Bertz CT molecular complexity index is 397. The van der Waals surface area contributed by atoms with Crippen LogP contribution in [0.2, 0.25) is 0 Å². The molecule has 0 spiro atoms. The first kappa shape index (κ1) is 12.1. The van der Waals surface area contributed by atoms with Gasteiger partial charge in [-0.25, -0.2) is 9.97 Å². The largest absolute Gasteiger partial charge is 0.394 e. The van der Waals surface area contributed by atoms with Crippen LogP contribution in [0.25, 0.3) is 0 Å². The van der Waals surface area contributed by atoms with Crippen LogP contribution in [0.3, 0.4) is 0 Å². The molecule has 1 aromatic rings. The Kier molecular flexibility index (Phi) is 3.17. The summed E-state index contributed by atoms with van der Waals surface area (Å²) in [4.78, 5) is 10.3. The minimum absolute atomic E-state index is 0.0138. The molecule has 0 bridgehead atoms. The number of nitrogen functional groups attached to an aromatic ring is 1. The van der Waals surface area contributed by atoms with Crippen molar-refractivity contribution < 1.29 is 9.84 Å². The molecule has 0 aromatic carbocycles. The third-order valence-electron chi connectivity index (χ3n) is 2.69. The van der Waals surface area contributed by atoms with Crippen LogP contribution >= 0.6 is 0 Å². The van der Waals surface area contributed by atoms with Gasteiger partial charge >= 0.3 is 0 Å². The molecule has 1 aliphatic heterocycles. The Morgan fingerprint density at radius 3 is 2.88 bits per heavy atom. The van der Waals surface area contributed by atoms with Crippen molar-refractivity contribution >= 4 is 11.6 Å². The van der Waals surface area contributed by atoms with E-state index in [4.69, 9.17) is 10.5 Å². The molecule has 6 heteroatoms. The molecule has 94 valence electrons. The third-order valence-corrected chi connectivity index (χ3v) is 2.69. The minimum Gasteiger partial charge on any atom is -0.394 e. The van der Waals surface area contributed by atoms with Gasteiger partial charge in [0.25, 0.3) is 0 Å². The number of hydrogen-bond acceptors (Lipinski definition) is 6. The van der Waals surface area contributed by atoms with Crippen LogP contribution in [0.1, 0.15) is 13.8 Å². The molecule has 3 N–H and O–H groups in total. The number of aromatic nitrogens is 2. The van der Waals surface area contributed by atoms with Crippen LogP contribution in [-0.4, -0.2) is 46.5 Å². The molecule has 6 nitrogen and oxygen atoms in total. The lowest BCUT2D eigenvalue weighted by molar-refractivity contribution is -0.101. The maximum atomic E-state index is 9.24. The van der Waals surface area contributed by atoms with E-state index >= 15 is 0 Å². The van der Waals surface area contributed by atoms with Crippen molar-refractivity contribution in [3.63, 3.8) is 0 Å². The van der Waals surface area contributed by atoms with Crippen LogP contribution in [-0.2, 0) is 4.74 Å². The average molecular weight is 238 g/mol. The Labute approximate surface area is 100 Å². The monoisotopic (exact) mass is 238 g/mol. The van der Waals surface area contributed by atoms with Gasteiger partial charge in [-0.3, -0.25) is 0 Å². The molecule has 0 saturated carbocycles. The van der Waals surface area contributed by atoms with Gasteiger partial charge in [-0.05, 0) is 13.8 Å². The molecule has 1 atom stereocenters. The van der Waals surface area contributed by atoms with Crippen LogP contribution in [0.5, 0.6) is 0 Å². The molecule has 1 fully saturated rings. The summed E-state index contributed by atoms with van der Waals surface area (Å²) in [7, 11) is 0. The molecule has 0 radical (unpaired) electrons. The maximum absolute atomic E-state index is 9.24. The van der Waals surface area contributed by atoms with E-state index in [2.05, 4.69) is 9.97 Å². The number of hydrogen-bond donors (Lipinski definition) is 2. The highest BCUT2D eigenvalue weighted by atomic mass is 16.5. The number of nitrogens with zero attached hydrogens (tertiary/aromatic N) is 3. The number of aliphatic hydroxyl groups excluding tert-OH is 1. The number of nitrogens with two attached hydrogens (primary N) is 1. The third kappa shape index (κ3) is 2.65. The summed E-state index contributed by atoms with van der Waals surface area (Å²) in [5, 5.41) is 9.24. The van der Waals surface area contributed by atoms with E-state index in [1.54, 1.807) is 12.4 Å². The first-order valence-corrected chi connectivity index (χ1v) is 5.62. The lowest BCUT2D eigenvalue weighted by Gasteiger charge is -2.42. The lowest BCUT2D eigenvalue weighted by Crippen LogP contribution is -2.54. The Hall–Kier alpha value is -1.40. The quantitative estimate of drug-likeness (QED) is 0.756. The maximum Gasteiger partial charge on any atom is 0.171 e. The molecule has 1 unspecified atom stereocenters. The number of morpholine rings is 1. The zero-order chi connectivity index (χ0) is 12.5. The highest BCUT2D eigenvalue weighted by Crippen LogP contribution is 2.26. The molecule has 1 aromatic heterocycles. The average Bonchev–Trinajstić information content (AvgIpc) is 2.27. The van der Waals surface area contributed by atoms with Crippen LogP contribution in [0.15, 0.2) is 12.4 Å². The summed E-state index contributed by atoms with van der Waals surface area (Å²) in [6.45, 7) is 5.19. The van der Waals surface area contributed by atoms with Gasteiger partial charge in [0.05, 0.1) is 18.3 Å². The Morgan fingerprint density at radius 1 is 1.53 bits per heavy atom. The summed E-state index contributed by atoms with van der Waals surface area (Å²) in [6, 6.07) is 0. The van der Waals surface area contributed by atoms with Crippen molar-refractivity contribution in [2.75, 3.05) is 30.3 Å². The van der Waals surface area contributed by atoms with Gasteiger partial charge in [0.1, 0.15) is 0 Å². The molecule has 1 aliphatic rings. The fraction of sp³-hybridized carbons (Fsp3) is 0.636. The molecule has 17 heavy (non-hydrogen) atoms. The topological polar surface area (TPSA) is 84.5 Å². The molecule has 0 amide bonds. The fourth-order valence-electron chi connectivity index (χ4n) is 2.14. The second-order valence-corrected chi connectivity index (χ2v) is 4.83. The smallest absolute Gasteiger partial charge is 0.171 e. The van der Waals surface area contributed by atoms with E-state index in [1.165, 1.54) is 0 Å². The summed E-state index contributed by atoms with van der Waals surface area (Å²) in [5.74, 6) is 1.06. The highest BCUT2D eigenvalue weighted by Gasteiger charge is 2.34. The zero-order valence-electron chi connectivity index (χ0n) is 10.1. The Balaban J connectivity index is 2.24. The van der Waals surface area contributed by atoms with Crippen molar-refractivity contribution in [1.29, 1.82) is 0 Å². The normalized spacial score (nSPS) is 23.7. The second kappa shape index (κ2) is 4.46. The van der Waals surface area contributed by atoms with Crippen molar-refractivity contribution in [1.82, 2.24) is 9.97 Å². The predicted octanol–water partition coefficient (Wildman–Crippen LogP) is 0.0349. The van der Waals surface area contributed by atoms with Crippen molar-refractivity contribution in [2.24, 2.45) is 0 Å². The van der Waals surface area contributed by atoms with Gasteiger partial charge in [-0.2, -0.15) is 0 Å². The fourth-order valence-corrected chi connectivity index (χ4v) is 2.14. The predicted molar refractivity (Wildman–Crippen MR) is 64.7 cm³/mol. The molecule has 1 saturated heterocycles. The van der Waals surface area contributed by atoms with Crippen molar-refractivity contribution in [3.05, 3.63) is 12.4 Å². The van der Waals surface area contributed by atoms with Crippen molar-refractivity contribution in [3.8, 4) is 0 Å². The number of aliphatic hydroxyl groups is 1. The van der Waals surface area contributed by atoms with Gasteiger partial charge in [0, 0.05) is 25.5 Å². The molecule has 2 heterocycles. The van der Waals surface area contributed by atoms with Gasteiger partial charge < -0.3 is 20.5 Å². The van der Waals surface area contributed by atoms with Gasteiger partial charge in [0.2, 0.25) is 0 Å². The number of anilines is 2. The first-order valence-electron chi connectivity index (χ1n) is 5.62. The van der Waals surface area contributed by atoms with E-state index < -0.39 is 0 Å². The standard InChI is InChI=1S/C11H18N4O2/c1-11(2)7-15(5-8(6-16)17-11)10-9(12)13-3-4-14-10/h3-4,8,16H,5-7H2,1-2H3,(H2,12,13). The minimum atomic E-state index is -0.338. The van der Waals surface area contributed by atoms with E-state index in [-0.39, 0.29) is 18.3 Å². The summed E-state index contributed by atoms with van der Waals surface area (Å²) in [5.41, 5.74) is 5.47. The molecule has 2 rings (SSSR count). The van der Waals surface area contributed by atoms with E-state index in [0.717, 1.165) is 0 Å². The summed E-state index contributed by atoms with van der Waals surface area (Å²) < 4.78 is 5.73. The van der Waals surface area contributed by atoms with Crippen molar-refractivity contribution in [2.45, 2.75) is 25.6 Å². The number of ether oxygens (including phenoxy) is 1.